The predicted molar refractivity (Wildman–Crippen MR) is 82.6 cm³/mol. The maximum Gasteiger partial charge on any atom is 0.267 e. The van der Waals surface area contributed by atoms with Gasteiger partial charge in [0, 0.05) is 24.0 Å². The van der Waals surface area contributed by atoms with Gasteiger partial charge in [-0.1, -0.05) is 0 Å². The Balaban J connectivity index is 2.91. The summed E-state index contributed by atoms with van der Waals surface area (Å²) in [5.41, 5.74) is 0.396. The molecule has 0 radical (unpaired) electrons. The normalized spacial score (nSPS) is 11.7. The minimum Gasteiger partial charge on any atom is -0.508 e. The van der Waals surface area contributed by atoms with Crippen molar-refractivity contribution in [2.24, 2.45) is 0 Å². The van der Waals surface area contributed by atoms with Crippen molar-refractivity contribution in [2.75, 3.05) is 11.9 Å². The van der Waals surface area contributed by atoms with Crippen molar-refractivity contribution in [1.82, 2.24) is 4.90 Å². The fourth-order valence-electron chi connectivity index (χ4n) is 1.80. The molecule has 0 bridgehead atoms. The van der Waals surface area contributed by atoms with Gasteiger partial charge >= 0.3 is 0 Å². The highest BCUT2D eigenvalue weighted by atomic mass is 16.3. The first-order valence-corrected chi connectivity index (χ1v) is 6.77. The average Bonchev–Trinajstić information content (AvgIpc) is 2.41. The molecule has 1 aromatic carbocycles. The number of phenolic OH excluding ortho intramolecular Hbond substituents is 1. The number of carbonyl (C=O) groups is 1. The first-order valence-electron chi connectivity index (χ1n) is 6.77. The Bertz CT molecular complexity index is 563. The van der Waals surface area contributed by atoms with E-state index in [4.69, 9.17) is 0 Å². The topological polar surface area (TPSA) is 76.4 Å². The van der Waals surface area contributed by atoms with Crippen molar-refractivity contribution < 1.29 is 9.90 Å². The van der Waals surface area contributed by atoms with Crippen LogP contribution in [0.5, 0.6) is 5.75 Å². The minimum atomic E-state index is -0.467. The molecular weight excluding hydrogens is 266 g/mol. The number of amides is 1. The maximum absolute atomic E-state index is 12.1. The van der Waals surface area contributed by atoms with Crippen molar-refractivity contribution in [3.05, 3.63) is 36.0 Å². The summed E-state index contributed by atoms with van der Waals surface area (Å²) in [5.74, 6) is -0.347. The molecule has 0 spiro atoms. The molecule has 5 nitrogen and oxygen atoms in total. The van der Waals surface area contributed by atoms with E-state index < -0.39 is 5.91 Å². The molecule has 0 heterocycles. The molecule has 0 aliphatic carbocycles. The van der Waals surface area contributed by atoms with Crippen molar-refractivity contribution in [2.45, 2.75) is 33.2 Å². The largest absolute Gasteiger partial charge is 0.508 e. The number of hydrogen-bond acceptors (Lipinski definition) is 4. The molecule has 2 N–H and O–H groups in total. The Morgan fingerprint density at radius 2 is 1.95 bits per heavy atom. The summed E-state index contributed by atoms with van der Waals surface area (Å²) < 4.78 is 0. The number of nitrogens with one attached hydrogen (secondary N) is 1. The van der Waals surface area contributed by atoms with Gasteiger partial charge in [-0.3, -0.25) is 4.79 Å². The molecule has 0 aromatic heterocycles. The van der Waals surface area contributed by atoms with Crippen LogP contribution in [0.4, 0.5) is 5.69 Å². The van der Waals surface area contributed by atoms with Crippen molar-refractivity contribution in [3.8, 4) is 11.8 Å². The van der Waals surface area contributed by atoms with E-state index in [0.717, 1.165) is 0 Å². The zero-order valence-corrected chi connectivity index (χ0v) is 12.8. The quantitative estimate of drug-likeness (QED) is 0.507. The summed E-state index contributed by atoms with van der Waals surface area (Å²) in [5, 5.41) is 21.0. The molecule has 1 rings (SSSR count). The number of benzene rings is 1. The van der Waals surface area contributed by atoms with E-state index in [1.165, 1.54) is 12.1 Å². The number of rotatable bonds is 4. The van der Waals surface area contributed by atoms with Gasteiger partial charge in [-0.05, 0) is 52.0 Å². The molecule has 1 amide bonds. The molecule has 0 aliphatic heterocycles. The number of phenols is 1. The molecule has 112 valence electrons. The number of anilines is 1. The van der Waals surface area contributed by atoms with Gasteiger partial charge < -0.3 is 15.3 Å². The SMILES string of the molecule is CCN(/C=C(/C#N)C(=O)Nc1ccc(O)cc1)C(C)(C)C. The van der Waals surface area contributed by atoms with Crippen LogP contribution >= 0.6 is 0 Å². The third-order valence-electron chi connectivity index (χ3n) is 2.98. The van der Waals surface area contributed by atoms with E-state index in [0.29, 0.717) is 12.2 Å². The molecule has 21 heavy (non-hydrogen) atoms. The van der Waals surface area contributed by atoms with Crippen LogP contribution in [0.25, 0.3) is 0 Å². The van der Waals surface area contributed by atoms with Gasteiger partial charge in [0.05, 0.1) is 0 Å². The number of hydrogen-bond donors (Lipinski definition) is 2. The van der Waals surface area contributed by atoms with Gasteiger partial charge in [0.2, 0.25) is 0 Å². The molecule has 0 fully saturated rings. The molecule has 0 unspecified atom stereocenters. The second kappa shape index (κ2) is 6.80. The van der Waals surface area contributed by atoms with Crippen molar-refractivity contribution in [3.63, 3.8) is 0 Å². The van der Waals surface area contributed by atoms with E-state index in [-0.39, 0.29) is 16.9 Å². The summed E-state index contributed by atoms with van der Waals surface area (Å²) in [4.78, 5) is 14.0. The third-order valence-corrected chi connectivity index (χ3v) is 2.98. The van der Waals surface area contributed by atoms with Gasteiger partial charge in [0.15, 0.2) is 0 Å². The van der Waals surface area contributed by atoms with Crippen LogP contribution in [-0.2, 0) is 4.79 Å². The van der Waals surface area contributed by atoms with Gasteiger partial charge in [-0.2, -0.15) is 5.26 Å². The highest BCUT2D eigenvalue weighted by Gasteiger charge is 2.19. The van der Waals surface area contributed by atoms with Gasteiger partial charge in [0.1, 0.15) is 17.4 Å². The Kier molecular flexibility index (Phi) is 5.37. The van der Waals surface area contributed by atoms with Gasteiger partial charge in [-0.25, -0.2) is 0 Å². The third kappa shape index (κ3) is 4.84. The molecule has 0 aliphatic rings. The second-order valence-corrected chi connectivity index (χ2v) is 5.61. The van der Waals surface area contributed by atoms with Crippen LogP contribution in [0.3, 0.4) is 0 Å². The number of carbonyl (C=O) groups excluding carboxylic acids is 1. The van der Waals surface area contributed by atoms with Gasteiger partial charge in [0.25, 0.3) is 5.91 Å². The van der Waals surface area contributed by atoms with Crippen LogP contribution in [-0.4, -0.2) is 28.0 Å². The van der Waals surface area contributed by atoms with Crippen LogP contribution < -0.4 is 5.32 Å². The second-order valence-electron chi connectivity index (χ2n) is 5.61. The lowest BCUT2D eigenvalue weighted by molar-refractivity contribution is -0.112. The summed E-state index contributed by atoms with van der Waals surface area (Å²) in [6.45, 7) is 8.70. The highest BCUT2D eigenvalue weighted by molar-refractivity contribution is 6.06. The summed E-state index contributed by atoms with van der Waals surface area (Å²) >= 11 is 0. The summed E-state index contributed by atoms with van der Waals surface area (Å²) in [6, 6.07) is 8.02. The highest BCUT2D eigenvalue weighted by Crippen LogP contribution is 2.17. The molecule has 0 atom stereocenters. The molecular formula is C16H21N3O2. The molecule has 1 aromatic rings. The Labute approximate surface area is 125 Å². The Morgan fingerprint density at radius 3 is 2.38 bits per heavy atom. The predicted octanol–water partition coefficient (Wildman–Crippen LogP) is 2.86. The Hall–Kier alpha value is -2.48. The average molecular weight is 287 g/mol. The lowest BCUT2D eigenvalue weighted by Crippen LogP contribution is -2.37. The summed E-state index contributed by atoms with van der Waals surface area (Å²) in [7, 11) is 0. The van der Waals surface area contributed by atoms with Crippen molar-refractivity contribution in [1.29, 1.82) is 5.26 Å². The van der Waals surface area contributed by atoms with E-state index in [1.807, 2.05) is 38.7 Å². The molecule has 0 saturated heterocycles. The standard InChI is InChI=1S/C16H21N3O2/c1-5-19(16(2,3)4)11-12(10-17)15(21)18-13-6-8-14(20)9-7-13/h6-9,11,20H,5H2,1-4H3,(H,18,21)/b12-11-. The van der Waals surface area contributed by atoms with E-state index in [9.17, 15) is 15.2 Å². The molecule has 0 saturated carbocycles. The first kappa shape index (κ1) is 16.6. The minimum absolute atomic E-state index is 0.0415. The van der Waals surface area contributed by atoms with E-state index >= 15 is 0 Å². The zero-order valence-electron chi connectivity index (χ0n) is 12.8. The maximum atomic E-state index is 12.1. The zero-order chi connectivity index (χ0) is 16.0. The lowest BCUT2D eigenvalue weighted by atomic mass is 10.1. The van der Waals surface area contributed by atoms with Crippen LogP contribution in [0, 0.1) is 11.3 Å². The van der Waals surface area contributed by atoms with E-state index in [2.05, 4.69) is 5.32 Å². The van der Waals surface area contributed by atoms with Crippen LogP contribution in [0.1, 0.15) is 27.7 Å². The summed E-state index contributed by atoms with van der Waals surface area (Å²) in [6.07, 6.45) is 1.58. The smallest absolute Gasteiger partial charge is 0.267 e. The lowest BCUT2D eigenvalue weighted by Gasteiger charge is -2.33. The van der Waals surface area contributed by atoms with Gasteiger partial charge in [-0.15, -0.1) is 0 Å². The number of nitrogens with zero attached hydrogens (tertiary/aromatic N) is 2. The van der Waals surface area contributed by atoms with Crippen LogP contribution in [0.15, 0.2) is 36.0 Å². The monoisotopic (exact) mass is 287 g/mol. The van der Waals surface area contributed by atoms with E-state index in [1.54, 1.807) is 18.3 Å². The van der Waals surface area contributed by atoms with Crippen molar-refractivity contribution >= 4 is 11.6 Å². The number of aromatic hydroxyl groups is 1. The van der Waals surface area contributed by atoms with Crippen LogP contribution in [0.2, 0.25) is 0 Å². The fourth-order valence-corrected chi connectivity index (χ4v) is 1.80. The molecule has 5 heteroatoms. The first-order chi connectivity index (χ1) is 9.77. The fraction of sp³-hybridized carbons (Fsp3) is 0.375. The Morgan fingerprint density at radius 1 is 1.38 bits per heavy atom. The number of nitriles is 1.